The van der Waals surface area contributed by atoms with Crippen LogP contribution in [0.25, 0.3) is 10.9 Å². The average Bonchev–Trinajstić information content (AvgIpc) is 3.01. The van der Waals surface area contributed by atoms with Gasteiger partial charge in [-0.25, -0.2) is 0 Å². The standard InChI is InChI=1S/C18H18N4O2S/c1-2-9-22-17(24)14(16(23)21-18(22)25)11-19-8-7-12-10-20-15-6-4-3-5-13(12)15/h2-6,10-11,14,20H,1,7-9H2,(H,21,23,25)/t14-/m1/s1. The monoisotopic (exact) mass is 354 g/mol. The highest BCUT2D eigenvalue weighted by atomic mass is 32.1. The second-order valence-electron chi connectivity index (χ2n) is 5.67. The number of aromatic amines is 1. The molecule has 0 saturated carbocycles. The lowest BCUT2D eigenvalue weighted by atomic mass is 10.1. The Morgan fingerprint density at radius 3 is 2.92 bits per heavy atom. The number of H-pyrrole nitrogens is 1. The fraction of sp³-hybridized carbons (Fsp3) is 0.222. The summed E-state index contributed by atoms with van der Waals surface area (Å²) < 4.78 is 0. The highest BCUT2D eigenvalue weighted by Gasteiger charge is 2.36. The molecule has 1 aromatic heterocycles. The Labute approximate surface area is 150 Å². The van der Waals surface area contributed by atoms with Gasteiger partial charge in [0.25, 0.3) is 0 Å². The van der Waals surface area contributed by atoms with Crippen LogP contribution in [0.2, 0.25) is 0 Å². The number of carbonyl (C=O) groups excluding carboxylic acids is 2. The van der Waals surface area contributed by atoms with Gasteiger partial charge in [-0.3, -0.25) is 19.5 Å². The number of hydrogen-bond acceptors (Lipinski definition) is 4. The molecular formula is C18H18N4O2S. The molecule has 1 aliphatic rings. The molecule has 0 unspecified atom stereocenters. The number of para-hydroxylation sites is 1. The summed E-state index contributed by atoms with van der Waals surface area (Å²) in [5.74, 6) is -1.76. The number of aliphatic imine (C=N–C) groups is 1. The van der Waals surface area contributed by atoms with Gasteiger partial charge in [0.2, 0.25) is 11.8 Å². The number of rotatable bonds is 6. The second-order valence-corrected chi connectivity index (χ2v) is 6.06. The van der Waals surface area contributed by atoms with Gasteiger partial charge < -0.3 is 10.3 Å². The first-order chi connectivity index (χ1) is 12.1. The maximum atomic E-state index is 12.4. The lowest BCUT2D eigenvalue weighted by Gasteiger charge is -2.29. The van der Waals surface area contributed by atoms with Crippen molar-refractivity contribution in [1.82, 2.24) is 15.2 Å². The van der Waals surface area contributed by atoms with E-state index < -0.39 is 11.8 Å². The Hall–Kier alpha value is -2.80. The summed E-state index contributed by atoms with van der Waals surface area (Å²) in [7, 11) is 0. The number of amides is 2. The van der Waals surface area contributed by atoms with Crippen LogP contribution in [0.1, 0.15) is 5.56 Å². The molecule has 2 aromatic rings. The van der Waals surface area contributed by atoms with Crippen LogP contribution in [-0.2, 0) is 16.0 Å². The van der Waals surface area contributed by atoms with Gasteiger partial charge in [-0.2, -0.15) is 0 Å². The van der Waals surface area contributed by atoms with Crippen LogP contribution >= 0.6 is 12.2 Å². The van der Waals surface area contributed by atoms with Crippen LogP contribution in [0, 0.1) is 5.92 Å². The Bertz CT molecular complexity index is 871. The third-order valence-corrected chi connectivity index (χ3v) is 4.36. The van der Waals surface area contributed by atoms with Crippen molar-refractivity contribution in [2.45, 2.75) is 6.42 Å². The van der Waals surface area contributed by atoms with Crippen LogP contribution < -0.4 is 5.32 Å². The maximum absolute atomic E-state index is 12.4. The Balaban J connectivity index is 1.65. The van der Waals surface area contributed by atoms with E-state index in [2.05, 4.69) is 27.9 Å². The zero-order chi connectivity index (χ0) is 17.8. The van der Waals surface area contributed by atoms with Crippen molar-refractivity contribution in [2.75, 3.05) is 13.1 Å². The number of nitrogens with zero attached hydrogens (tertiary/aromatic N) is 2. The first kappa shape index (κ1) is 17.0. The first-order valence-electron chi connectivity index (χ1n) is 7.94. The second kappa shape index (κ2) is 7.40. The van der Waals surface area contributed by atoms with E-state index in [-0.39, 0.29) is 17.6 Å². The molecule has 1 saturated heterocycles. The third kappa shape index (κ3) is 3.51. The first-order valence-corrected chi connectivity index (χ1v) is 8.34. The van der Waals surface area contributed by atoms with Crippen molar-refractivity contribution in [3.05, 3.63) is 48.7 Å². The van der Waals surface area contributed by atoms with Crippen LogP contribution in [0.15, 0.2) is 48.1 Å². The highest BCUT2D eigenvalue weighted by molar-refractivity contribution is 7.80. The summed E-state index contributed by atoms with van der Waals surface area (Å²) >= 11 is 5.01. The number of nitrogens with one attached hydrogen (secondary N) is 2. The molecule has 1 atom stereocenters. The van der Waals surface area contributed by atoms with Crippen LogP contribution in [0.4, 0.5) is 0 Å². The Morgan fingerprint density at radius 1 is 1.32 bits per heavy atom. The van der Waals surface area contributed by atoms with E-state index in [4.69, 9.17) is 12.2 Å². The van der Waals surface area contributed by atoms with Gasteiger partial charge in [-0.15, -0.1) is 6.58 Å². The van der Waals surface area contributed by atoms with E-state index in [0.29, 0.717) is 6.54 Å². The maximum Gasteiger partial charge on any atom is 0.247 e. The SMILES string of the molecule is C=CCN1C(=O)[C@H](C=NCCc2c[nH]c3ccccc23)C(=O)NC1=S. The largest absolute Gasteiger partial charge is 0.361 e. The molecule has 0 radical (unpaired) electrons. The van der Waals surface area contributed by atoms with Gasteiger partial charge in [0, 0.05) is 36.4 Å². The Morgan fingerprint density at radius 2 is 2.12 bits per heavy atom. The molecule has 0 aliphatic carbocycles. The third-order valence-electron chi connectivity index (χ3n) is 4.04. The average molecular weight is 354 g/mol. The topological polar surface area (TPSA) is 77.6 Å². The molecule has 2 N–H and O–H groups in total. The van der Waals surface area contributed by atoms with Crippen LogP contribution in [-0.4, -0.2) is 46.1 Å². The fourth-order valence-corrected chi connectivity index (χ4v) is 3.03. The zero-order valence-corrected chi connectivity index (χ0v) is 14.4. The summed E-state index contributed by atoms with van der Waals surface area (Å²) in [6.45, 7) is 4.35. The lowest BCUT2D eigenvalue weighted by molar-refractivity contribution is -0.137. The molecule has 2 heterocycles. The smallest absolute Gasteiger partial charge is 0.247 e. The molecule has 0 bridgehead atoms. The van der Waals surface area contributed by atoms with Gasteiger partial charge in [0.1, 0.15) is 0 Å². The molecule has 6 nitrogen and oxygen atoms in total. The van der Waals surface area contributed by atoms with Crippen molar-refractivity contribution in [3.63, 3.8) is 0 Å². The van der Waals surface area contributed by atoms with Crippen molar-refractivity contribution in [2.24, 2.45) is 10.9 Å². The molecule has 3 rings (SSSR count). The summed E-state index contributed by atoms with van der Waals surface area (Å²) in [4.78, 5) is 33.2. The number of benzene rings is 1. The molecule has 1 fully saturated rings. The molecule has 128 valence electrons. The number of carbonyl (C=O) groups is 2. The van der Waals surface area contributed by atoms with E-state index in [1.54, 1.807) is 6.08 Å². The minimum absolute atomic E-state index is 0.110. The molecular weight excluding hydrogens is 336 g/mol. The zero-order valence-electron chi connectivity index (χ0n) is 13.6. The Kier molecular flexibility index (Phi) is 5.04. The molecule has 7 heteroatoms. The van der Waals surface area contributed by atoms with Crippen LogP contribution in [0.3, 0.4) is 0 Å². The van der Waals surface area contributed by atoms with E-state index in [1.807, 2.05) is 24.4 Å². The van der Waals surface area contributed by atoms with Crippen LogP contribution in [0.5, 0.6) is 0 Å². The minimum atomic E-state index is -0.949. The number of thiocarbonyl (C=S) groups is 1. The van der Waals surface area contributed by atoms with Gasteiger partial charge in [-0.1, -0.05) is 24.3 Å². The quantitative estimate of drug-likeness (QED) is 0.360. The molecule has 25 heavy (non-hydrogen) atoms. The summed E-state index contributed by atoms with van der Waals surface area (Å²) in [5.41, 5.74) is 2.23. The van der Waals surface area contributed by atoms with Crippen molar-refractivity contribution >= 4 is 46.3 Å². The number of hydrogen-bond donors (Lipinski definition) is 2. The summed E-state index contributed by atoms with van der Waals surface area (Å²) in [6.07, 6.45) is 5.65. The number of aromatic nitrogens is 1. The molecule has 2 amide bonds. The van der Waals surface area contributed by atoms with E-state index >= 15 is 0 Å². The molecule has 1 aliphatic heterocycles. The van der Waals surface area contributed by atoms with Crippen molar-refractivity contribution in [3.8, 4) is 0 Å². The number of fused-ring (bicyclic) bond motifs is 1. The predicted octanol–water partition coefficient (Wildman–Crippen LogP) is 1.83. The van der Waals surface area contributed by atoms with Crippen molar-refractivity contribution in [1.29, 1.82) is 0 Å². The normalized spacial score (nSPS) is 18.2. The highest BCUT2D eigenvalue weighted by Crippen LogP contribution is 2.18. The minimum Gasteiger partial charge on any atom is -0.361 e. The van der Waals surface area contributed by atoms with Gasteiger partial charge in [0.15, 0.2) is 11.0 Å². The molecule has 1 aromatic carbocycles. The predicted molar refractivity (Wildman–Crippen MR) is 102 cm³/mol. The van der Waals surface area contributed by atoms with Gasteiger partial charge >= 0.3 is 0 Å². The van der Waals surface area contributed by atoms with Crippen molar-refractivity contribution < 1.29 is 9.59 Å². The van der Waals surface area contributed by atoms with E-state index in [1.165, 1.54) is 11.1 Å². The lowest BCUT2D eigenvalue weighted by Crippen LogP contribution is -2.58. The summed E-state index contributed by atoms with van der Waals surface area (Å²) in [6, 6.07) is 8.04. The fourth-order valence-electron chi connectivity index (χ4n) is 2.77. The van der Waals surface area contributed by atoms with E-state index in [0.717, 1.165) is 22.9 Å². The van der Waals surface area contributed by atoms with Gasteiger partial charge in [0.05, 0.1) is 0 Å². The van der Waals surface area contributed by atoms with Gasteiger partial charge in [-0.05, 0) is 30.3 Å². The van der Waals surface area contributed by atoms with E-state index in [9.17, 15) is 9.59 Å². The molecule has 0 spiro atoms. The summed E-state index contributed by atoms with van der Waals surface area (Å²) in [5, 5.41) is 3.80.